The van der Waals surface area contributed by atoms with Crippen LogP contribution in [0, 0.1) is 17.8 Å². The maximum Gasteiger partial charge on any atom is 0.251 e. The Balaban J connectivity index is 1.35. The standard InChI is InChI=1S/C26H25Cl2N3O2/c1-2-5-19-20-6-3-4-7-23(20)30-24(19)11-8-17-12-13-31(16-17)25(32)15-29-26(33)18-9-10-21(27)22(28)14-18/h3-4,6-7,9-10,14,17,30H,2,5,12-13,15-16H2,1H3,(H,29,33). The van der Waals surface area contributed by atoms with E-state index in [2.05, 4.69) is 41.2 Å². The number of halogens is 2. The number of likely N-dealkylation sites (tertiary alicyclic amines) is 1. The van der Waals surface area contributed by atoms with Crippen LogP contribution in [0.5, 0.6) is 0 Å². The summed E-state index contributed by atoms with van der Waals surface area (Å²) in [5.41, 5.74) is 3.70. The molecule has 170 valence electrons. The lowest BCUT2D eigenvalue weighted by Gasteiger charge is -2.16. The number of hydrogen-bond acceptors (Lipinski definition) is 2. The van der Waals surface area contributed by atoms with Gasteiger partial charge in [0.15, 0.2) is 0 Å². The van der Waals surface area contributed by atoms with E-state index in [0.717, 1.165) is 30.5 Å². The zero-order valence-electron chi connectivity index (χ0n) is 18.4. The number of para-hydroxylation sites is 1. The quantitative estimate of drug-likeness (QED) is 0.500. The summed E-state index contributed by atoms with van der Waals surface area (Å²) in [6.07, 6.45) is 2.85. The summed E-state index contributed by atoms with van der Waals surface area (Å²) in [5, 5.41) is 4.56. The molecule has 0 bridgehead atoms. The van der Waals surface area contributed by atoms with Gasteiger partial charge in [-0.2, -0.15) is 0 Å². The van der Waals surface area contributed by atoms with E-state index in [4.69, 9.17) is 23.2 Å². The molecule has 0 saturated carbocycles. The van der Waals surface area contributed by atoms with Crippen LogP contribution in [-0.4, -0.2) is 41.3 Å². The monoisotopic (exact) mass is 481 g/mol. The van der Waals surface area contributed by atoms with Gasteiger partial charge in [-0.1, -0.05) is 60.7 Å². The molecule has 2 N–H and O–H groups in total. The number of nitrogens with one attached hydrogen (secondary N) is 2. The number of carbonyl (C=O) groups excluding carboxylic acids is 2. The molecule has 0 aliphatic carbocycles. The predicted octanol–water partition coefficient (Wildman–Crippen LogP) is 5.06. The minimum absolute atomic E-state index is 0.0676. The average molecular weight is 482 g/mol. The Bertz CT molecular complexity index is 1260. The van der Waals surface area contributed by atoms with E-state index in [-0.39, 0.29) is 24.3 Å². The number of carbonyl (C=O) groups is 2. The van der Waals surface area contributed by atoms with Gasteiger partial charge < -0.3 is 15.2 Å². The second-order valence-corrected chi connectivity index (χ2v) is 8.99. The molecular formula is C26H25Cl2N3O2. The molecule has 2 aromatic carbocycles. The molecule has 7 heteroatoms. The average Bonchev–Trinajstić information content (AvgIpc) is 3.43. The minimum atomic E-state index is -0.361. The SMILES string of the molecule is CCCc1c(C#CC2CCN(C(=O)CNC(=O)c3ccc(Cl)c(Cl)c3)C2)[nH]c2ccccc12. The van der Waals surface area contributed by atoms with Gasteiger partial charge in [0.2, 0.25) is 5.91 Å². The first kappa shape index (κ1) is 23.2. The number of aryl methyl sites for hydroxylation is 1. The molecule has 1 aromatic heterocycles. The molecule has 0 radical (unpaired) electrons. The van der Waals surface area contributed by atoms with Crippen molar-refractivity contribution in [3.05, 3.63) is 69.3 Å². The fraction of sp³-hybridized carbons (Fsp3) is 0.308. The molecule has 1 aliphatic heterocycles. The highest BCUT2D eigenvalue weighted by atomic mass is 35.5. The number of amides is 2. The van der Waals surface area contributed by atoms with Crippen molar-refractivity contribution in [2.24, 2.45) is 5.92 Å². The first-order valence-corrected chi connectivity index (χ1v) is 11.8. The number of benzene rings is 2. The molecule has 3 aromatic rings. The van der Waals surface area contributed by atoms with Crippen molar-refractivity contribution in [3.8, 4) is 11.8 Å². The van der Waals surface area contributed by atoms with Gasteiger partial charge in [0.1, 0.15) is 0 Å². The van der Waals surface area contributed by atoms with Gasteiger partial charge in [0.25, 0.3) is 5.91 Å². The summed E-state index contributed by atoms with van der Waals surface area (Å²) in [6, 6.07) is 12.9. The van der Waals surface area contributed by atoms with Crippen LogP contribution in [0.2, 0.25) is 10.0 Å². The number of rotatable bonds is 5. The topological polar surface area (TPSA) is 65.2 Å². The predicted molar refractivity (Wildman–Crippen MR) is 133 cm³/mol. The smallest absolute Gasteiger partial charge is 0.251 e. The van der Waals surface area contributed by atoms with Crippen LogP contribution < -0.4 is 5.32 Å². The molecule has 1 unspecified atom stereocenters. The Kier molecular flexibility index (Phi) is 7.27. The third-order valence-corrected chi connectivity index (χ3v) is 6.58. The third-order valence-electron chi connectivity index (χ3n) is 5.84. The molecule has 1 atom stereocenters. The van der Waals surface area contributed by atoms with E-state index in [1.165, 1.54) is 17.0 Å². The molecule has 2 amide bonds. The summed E-state index contributed by atoms with van der Waals surface area (Å²) in [4.78, 5) is 30.1. The van der Waals surface area contributed by atoms with Crippen LogP contribution >= 0.6 is 23.2 Å². The van der Waals surface area contributed by atoms with Gasteiger partial charge in [-0.25, -0.2) is 0 Å². The molecule has 33 heavy (non-hydrogen) atoms. The van der Waals surface area contributed by atoms with E-state index in [0.29, 0.717) is 28.7 Å². The third kappa shape index (κ3) is 5.35. The van der Waals surface area contributed by atoms with Crippen LogP contribution in [0.4, 0.5) is 0 Å². The number of aromatic amines is 1. The van der Waals surface area contributed by atoms with Gasteiger partial charge in [-0.15, -0.1) is 0 Å². The van der Waals surface area contributed by atoms with Gasteiger partial charge >= 0.3 is 0 Å². The minimum Gasteiger partial charge on any atom is -0.348 e. The first-order valence-electron chi connectivity index (χ1n) is 11.1. The van der Waals surface area contributed by atoms with Gasteiger partial charge in [0, 0.05) is 35.5 Å². The lowest BCUT2D eigenvalue weighted by molar-refractivity contribution is -0.129. The normalized spacial score (nSPS) is 15.4. The van der Waals surface area contributed by atoms with Crippen LogP contribution in [0.15, 0.2) is 42.5 Å². The summed E-state index contributed by atoms with van der Waals surface area (Å²) in [7, 11) is 0. The van der Waals surface area contributed by atoms with Crippen LogP contribution in [0.1, 0.15) is 41.4 Å². The summed E-state index contributed by atoms with van der Waals surface area (Å²) >= 11 is 11.8. The molecule has 5 nitrogen and oxygen atoms in total. The second-order valence-electron chi connectivity index (χ2n) is 8.18. The molecule has 1 saturated heterocycles. The molecular weight excluding hydrogens is 457 g/mol. The molecule has 1 aliphatic rings. The second kappa shape index (κ2) is 10.3. The highest BCUT2D eigenvalue weighted by Crippen LogP contribution is 2.24. The summed E-state index contributed by atoms with van der Waals surface area (Å²) in [6.45, 7) is 3.30. The largest absolute Gasteiger partial charge is 0.348 e. The van der Waals surface area contributed by atoms with E-state index in [1.807, 2.05) is 12.1 Å². The lowest BCUT2D eigenvalue weighted by Crippen LogP contribution is -2.39. The van der Waals surface area contributed by atoms with Crippen molar-refractivity contribution < 1.29 is 9.59 Å². The van der Waals surface area contributed by atoms with Gasteiger partial charge in [0.05, 0.1) is 22.3 Å². The number of hydrogen-bond donors (Lipinski definition) is 2. The van der Waals surface area contributed by atoms with Crippen molar-refractivity contribution in [3.63, 3.8) is 0 Å². The maximum atomic E-state index is 12.6. The Labute approximate surface area is 203 Å². The fourth-order valence-electron chi connectivity index (χ4n) is 4.10. The van der Waals surface area contributed by atoms with Gasteiger partial charge in [-0.05, 0) is 48.6 Å². The van der Waals surface area contributed by atoms with Crippen molar-refractivity contribution in [2.75, 3.05) is 19.6 Å². The summed E-state index contributed by atoms with van der Waals surface area (Å²) in [5.74, 6) is 6.32. The number of fused-ring (bicyclic) bond motifs is 1. The van der Waals surface area contributed by atoms with E-state index in [1.54, 1.807) is 17.0 Å². The van der Waals surface area contributed by atoms with Crippen molar-refractivity contribution in [1.29, 1.82) is 0 Å². The zero-order valence-corrected chi connectivity index (χ0v) is 19.9. The highest BCUT2D eigenvalue weighted by molar-refractivity contribution is 6.42. The maximum absolute atomic E-state index is 12.6. The molecule has 4 rings (SSSR count). The highest BCUT2D eigenvalue weighted by Gasteiger charge is 2.25. The van der Waals surface area contributed by atoms with E-state index in [9.17, 15) is 9.59 Å². The Morgan fingerprint density at radius 2 is 2.00 bits per heavy atom. The molecule has 0 spiro atoms. The van der Waals surface area contributed by atoms with Crippen LogP contribution in [0.25, 0.3) is 10.9 Å². The summed E-state index contributed by atoms with van der Waals surface area (Å²) < 4.78 is 0. The Morgan fingerprint density at radius 3 is 2.79 bits per heavy atom. The zero-order chi connectivity index (χ0) is 23.4. The van der Waals surface area contributed by atoms with Crippen molar-refractivity contribution >= 4 is 45.9 Å². The van der Waals surface area contributed by atoms with E-state index < -0.39 is 0 Å². The molecule has 2 heterocycles. The first-order chi connectivity index (χ1) is 16.0. The fourth-order valence-corrected chi connectivity index (χ4v) is 4.40. The number of nitrogens with zero attached hydrogens (tertiary/aromatic N) is 1. The Morgan fingerprint density at radius 1 is 1.18 bits per heavy atom. The van der Waals surface area contributed by atoms with Crippen LogP contribution in [0.3, 0.4) is 0 Å². The van der Waals surface area contributed by atoms with Crippen molar-refractivity contribution in [1.82, 2.24) is 15.2 Å². The number of H-pyrrole nitrogens is 1. The van der Waals surface area contributed by atoms with E-state index >= 15 is 0 Å². The van der Waals surface area contributed by atoms with Crippen molar-refractivity contribution in [2.45, 2.75) is 26.2 Å². The Hall–Kier alpha value is -2.94. The lowest BCUT2D eigenvalue weighted by atomic mass is 10.0. The molecule has 1 fully saturated rings. The number of aromatic nitrogens is 1. The van der Waals surface area contributed by atoms with Crippen LogP contribution in [-0.2, 0) is 11.2 Å². The van der Waals surface area contributed by atoms with Gasteiger partial charge in [-0.3, -0.25) is 9.59 Å².